The van der Waals surface area contributed by atoms with E-state index in [0.717, 1.165) is 61.7 Å². The summed E-state index contributed by atoms with van der Waals surface area (Å²) in [6, 6.07) is 8.41. The van der Waals surface area contributed by atoms with Gasteiger partial charge in [0.05, 0.1) is 6.61 Å². The molecular weight excluding hydrogens is 590 g/mol. The molecule has 1 aliphatic carbocycles. The van der Waals surface area contributed by atoms with Gasteiger partial charge in [-0.05, 0) is 78.4 Å². The second kappa shape index (κ2) is 14.7. The molecule has 4 rings (SSSR count). The van der Waals surface area contributed by atoms with Crippen molar-refractivity contribution in [3.05, 3.63) is 29.8 Å². The maximum atomic E-state index is 11.5. The maximum Gasteiger partial charge on any atom is 0.243 e. The number of benzene rings is 1. The lowest BCUT2D eigenvalue weighted by Crippen LogP contribution is -2.23. The molecule has 4 N–H and O–H groups in total. The average molecular weight is 626 g/mol. The zero-order chi connectivity index (χ0) is 25.0. The van der Waals surface area contributed by atoms with Crippen molar-refractivity contribution in [2.75, 3.05) is 29.1 Å². The van der Waals surface area contributed by atoms with E-state index >= 15 is 0 Å². The molecule has 36 heavy (non-hydrogen) atoms. The third kappa shape index (κ3) is 8.59. The molecule has 0 bridgehead atoms. The molecule has 1 aromatic heterocycles. The van der Waals surface area contributed by atoms with Crippen molar-refractivity contribution in [2.45, 2.75) is 76.7 Å². The summed E-state index contributed by atoms with van der Waals surface area (Å²) in [4.78, 5) is 21.0. The lowest BCUT2D eigenvalue weighted by atomic mass is 9.95. The fourth-order valence-corrected chi connectivity index (χ4v) is 5.09. The molecule has 2 aliphatic rings. The van der Waals surface area contributed by atoms with Crippen LogP contribution in [0.1, 0.15) is 69.8 Å². The van der Waals surface area contributed by atoms with E-state index in [4.69, 9.17) is 19.3 Å². The number of hydrogen-bond donors (Lipinski definition) is 4. The summed E-state index contributed by atoms with van der Waals surface area (Å²) in [5.41, 5.74) is 4.55. The molecule has 196 valence electrons. The highest BCUT2D eigenvalue weighted by molar-refractivity contribution is 14.2. The molecule has 1 fully saturated rings. The second-order valence-corrected chi connectivity index (χ2v) is 10.9. The highest BCUT2D eigenvalue weighted by Crippen LogP contribution is 2.31. The number of hydroxylamine groups is 1. The van der Waals surface area contributed by atoms with Gasteiger partial charge in [0, 0.05) is 30.3 Å². The topological polar surface area (TPSA) is 109 Å². The van der Waals surface area contributed by atoms with Crippen LogP contribution in [0, 0.1) is 0 Å². The molecule has 1 aliphatic heterocycles. The van der Waals surface area contributed by atoms with Crippen LogP contribution in [0.2, 0.25) is 0 Å². The van der Waals surface area contributed by atoms with Gasteiger partial charge in [0.1, 0.15) is 23.8 Å². The first-order valence-electron chi connectivity index (χ1n) is 12.9. The van der Waals surface area contributed by atoms with E-state index in [2.05, 4.69) is 43.5 Å². The fourth-order valence-electron chi connectivity index (χ4n) is 4.61. The quantitative estimate of drug-likeness (QED) is 0.0844. The number of nitrogens with zero attached hydrogens (tertiary/aromatic N) is 2. The lowest BCUT2D eigenvalue weighted by Gasteiger charge is -2.24. The SMILES string of the molecule is O=C(CCCCCCOc1ccc(Nc2nc3c(c(NC4CCCCC4)n2)CCN3)cc1)NOPI. The molecule has 1 atom stereocenters. The van der Waals surface area contributed by atoms with Crippen LogP contribution in [0.4, 0.5) is 23.3 Å². The Morgan fingerprint density at radius 3 is 2.69 bits per heavy atom. The minimum absolute atomic E-state index is 0.0534. The molecule has 2 aromatic rings. The van der Waals surface area contributed by atoms with Crippen molar-refractivity contribution in [2.24, 2.45) is 0 Å². The van der Waals surface area contributed by atoms with Gasteiger partial charge in [-0.2, -0.15) is 9.97 Å². The van der Waals surface area contributed by atoms with Crippen molar-refractivity contribution in [1.29, 1.82) is 0 Å². The van der Waals surface area contributed by atoms with Crippen LogP contribution in [-0.4, -0.2) is 35.1 Å². The molecule has 2 heterocycles. The van der Waals surface area contributed by atoms with Crippen molar-refractivity contribution < 1.29 is 14.2 Å². The van der Waals surface area contributed by atoms with Gasteiger partial charge in [-0.3, -0.25) is 4.79 Å². The number of carbonyl (C=O) groups excluding carboxylic acids is 1. The van der Waals surface area contributed by atoms with Crippen LogP contribution in [0.25, 0.3) is 0 Å². The molecule has 1 amide bonds. The predicted molar refractivity (Wildman–Crippen MR) is 155 cm³/mol. The summed E-state index contributed by atoms with van der Waals surface area (Å²) in [6.45, 7) is 1.81. The van der Waals surface area contributed by atoms with Crippen LogP contribution in [0.3, 0.4) is 0 Å². The number of amides is 1. The van der Waals surface area contributed by atoms with Crippen molar-refractivity contribution in [3.8, 4) is 5.75 Å². The van der Waals surface area contributed by atoms with E-state index in [0.29, 0.717) is 25.0 Å². The molecule has 0 radical (unpaired) electrons. The lowest BCUT2D eigenvalue weighted by molar-refractivity contribution is -0.127. The maximum absolute atomic E-state index is 11.5. The van der Waals surface area contributed by atoms with Crippen molar-refractivity contribution >= 4 is 57.7 Å². The molecule has 9 nitrogen and oxygen atoms in total. The number of aromatic nitrogens is 2. The molecule has 1 unspecified atom stereocenters. The molecule has 0 saturated heterocycles. The van der Waals surface area contributed by atoms with Gasteiger partial charge in [0.15, 0.2) is 0 Å². The predicted octanol–water partition coefficient (Wildman–Crippen LogP) is 6.25. The standard InChI is InChI=1S/C25H36IN6O3P/c26-36-35-32-22(33)10-6-1-2-7-17-34-20-13-11-19(12-14-20)29-25-30-23-21(15-16-27-23)24(31-25)28-18-8-4-3-5-9-18/h11-14,18,36H,1-10,15-17H2,(H,32,33)(H3,27,28,29,30,31). The number of unbranched alkanes of at least 4 members (excludes halogenated alkanes) is 3. The first-order valence-corrected chi connectivity index (χ1v) is 16.9. The normalized spacial score (nSPS) is 15.5. The van der Waals surface area contributed by atoms with E-state index < -0.39 is 0 Å². The van der Waals surface area contributed by atoms with Crippen LogP contribution >= 0.6 is 28.5 Å². The number of fused-ring (bicyclic) bond motifs is 1. The van der Waals surface area contributed by atoms with E-state index in [1.165, 1.54) is 37.7 Å². The largest absolute Gasteiger partial charge is 0.494 e. The first kappa shape index (κ1) is 27.1. The fraction of sp³-hybridized carbons (Fsp3) is 0.560. The average Bonchev–Trinajstić information content (AvgIpc) is 3.37. The van der Waals surface area contributed by atoms with E-state index in [9.17, 15) is 4.79 Å². The van der Waals surface area contributed by atoms with E-state index in [1.807, 2.05) is 24.3 Å². The summed E-state index contributed by atoms with van der Waals surface area (Å²) in [7, 11) is 0. The monoisotopic (exact) mass is 626 g/mol. The smallest absolute Gasteiger partial charge is 0.243 e. The molecule has 1 saturated carbocycles. The van der Waals surface area contributed by atoms with Gasteiger partial charge < -0.3 is 20.7 Å². The van der Waals surface area contributed by atoms with Gasteiger partial charge in [0.2, 0.25) is 11.9 Å². The molecule has 11 heteroatoms. The third-order valence-electron chi connectivity index (χ3n) is 6.50. The minimum Gasteiger partial charge on any atom is -0.494 e. The van der Waals surface area contributed by atoms with Crippen molar-refractivity contribution in [3.63, 3.8) is 0 Å². The Morgan fingerprint density at radius 2 is 1.89 bits per heavy atom. The number of anilines is 4. The van der Waals surface area contributed by atoms with Crippen molar-refractivity contribution in [1.82, 2.24) is 15.4 Å². The summed E-state index contributed by atoms with van der Waals surface area (Å²) in [6.07, 6.45) is 11.6. The van der Waals surface area contributed by atoms with Crippen LogP contribution in [0.15, 0.2) is 24.3 Å². The highest BCUT2D eigenvalue weighted by atomic mass is 127. The molecular formula is C25H36IN6O3P. The van der Waals surface area contributed by atoms with E-state index in [-0.39, 0.29) is 12.4 Å². The zero-order valence-electron chi connectivity index (χ0n) is 20.6. The molecule has 1 aromatic carbocycles. The van der Waals surface area contributed by atoms with Gasteiger partial charge in [-0.1, -0.05) is 32.1 Å². The number of nitrogens with one attached hydrogen (secondary N) is 4. The highest BCUT2D eigenvalue weighted by Gasteiger charge is 2.22. The van der Waals surface area contributed by atoms with Gasteiger partial charge in [-0.15, -0.1) is 0 Å². The Kier molecular flexibility index (Phi) is 11.1. The first-order chi connectivity index (χ1) is 17.7. The van der Waals surface area contributed by atoms with Gasteiger partial charge >= 0.3 is 0 Å². The number of ether oxygens (including phenoxy) is 1. The third-order valence-corrected chi connectivity index (χ3v) is 7.34. The van der Waals surface area contributed by atoms with Crippen LogP contribution in [0.5, 0.6) is 5.75 Å². The Balaban J connectivity index is 1.21. The minimum atomic E-state index is -0.0534. The Bertz CT molecular complexity index is 975. The van der Waals surface area contributed by atoms with Gasteiger partial charge in [-0.25, -0.2) is 10.1 Å². The molecule has 0 spiro atoms. The number of hydrogen-bond acceptors (Lipinski definition) is 8. The number of rotatable bonds is 14. The van der Waals surface area contributed by atoms with Gasteiger partial charge in [0.25, 0.3) is 0 Å². The zero-order valence-corrected chi connectivity index (χ0v) is 23.7. The van der Waals surface area contributed by atoms with Crippen LogP contribution < -0.4 is 26.2 Å². The van der Waals surface area contributed by atoms with Crippen LogP contribution in [-0.2, 0) is 15.8 Å². The number of carbonyl (C=O) groups is 1. The summed E-state index contributed by atoms with van der Waals surface area (Å²) in [5.74, 6) is 3.29. The summed E-state index contributed by atoms with van der Waals surface area (Å²) in [5, 5.41) is 10.4. The Hall–Kier alpha value is -1.91. The Labute approximate surface area is 228 Å². The second-order valence-electron chi connectivity index (χ2n) is 9.25. The summed E-state index contributed by atoms with van der Waals surface area (Å²) < 4.78 is 10.8. The van der Waals surface area contributed by atoms with E-state index in [1.54, 1.807) is 0 Å². The number of halogens is 1. The Morgan fingerprint density at radius 1 is 1.08 bits per heavy atom. The summed E-state index contributed by atoms with van der Waals surface area (Å²) >= 11 is 2.07.